The minimum absolute atomic E-state index is 0.344. The molecule has 19 heavy (non-hydrogen) atoms. The number of aromatic nitrogens is 2. The normalized spacial score (nSPS) is 11.1. The fourth-order valence-corrected chi connectivity index (χ4v) is 2.23. The number of pyridine rings is 1. The number of H-pyrrole nitrogens is 1. The van der Waals surface area contributed by atoms with Crippen LogP contribution in [-0.4, -0.2) is 22.5 Å². The van der Waals surface area contributed by atoms with E-state index >= 15 is 0 Å². The highest BCUT2D eigenvalue weighted by Gasteiger charge is 2.11. The minimum atomic E-state index is -0.383. The standard InChI is InChI=1S/C15H14N2O2/c1-3-19-15(18)13-7-11-10-6-9(2)4-5-12(10)17-14(11)8-16-13/h4-8,17H,3H2,1-2H3. The third-order valence-electron chi connectivity index (χ3n) is 3.12. The molecule has 4 nitrogen and oxygen atoms in total. The predicted octanol–water partition coefficient (Wildman–Crippen LogP) is 3.20. The van der Waals surface area contributed by atoms with Gasteiger partial charge in [0.1, 0.15) is 5.69 Å². The molecule has 0 amide bonds. The summed E-state index contributed by atoms with van der Waals surface area (Å²) < 4.78 is 4.98. The highest BCUT2D eigenvalue weighted by atomic mass is 16.5. The number of rotatable bonds is 2. The van der Waals surface area contributed by atoms with Gasteiger partial charge in [-0.05, 0) is 32.0 Å². The summed E-state index contributed by atoms with van der Waals surface area (Å²) in [6.45, 7) is 4.18. The van der Waals surface area contributed by atoms with Crippen molar-refractivity contribution in [3.63, 3.8) is 0 Å². The molecule has 4 heteroatoms. The Labute approximate surface area is 110 Å². The molecular weight excluding hydrogens is 240 g/mol. The molecule has 0 saturated carbocycles. The van der Waals surface area contributed by atoms with Crippen LogP contribution < -0.4 is 0 Å². The minimum Gasteiger partial charge on any atom is -0.461 e. The molecule has 2 aromatic heterocycles. The first-order valence-electron chi connectivity index (χ1n) is 6.24. The van der Waals surface area contributed by atoms with Gasteiger partial charge in [0.05, 0.1) is 18.3 Å². The zero-order valence-corrected chi connectivity index (χ0v) is 10.9. The molecule has 0 bridgehead atoms. The number of nitrogens with zero attached hydrogens (tertiary/aromatic N) is 1. The first-order chi connectivity index (χ1) is 9.19. The van der Waals surface area contributed by atoms with Crippen LogP contribution in [0.1, 0.15) is 23.0 Å². The molecule has 2 heterocycles. The number of hydrogen-bond donors (Lipinski definition) is 1. The fourth-order valence-electron chi connectivity index (χ4n) is 2.23. The number of benzene rings is 1. The Hall–Kier alpha value is -2.36. The van der Waals surface area contributed by atoms with Gasteiger partial charge < -0.3 is 9.72 Å². The van der Waals surface area contributed by atoms with Gasteiger partial charge in [-0.15, -0.1) is 0 Å². The summed E-state index contributed by atoms with van der Waals surface area (Å²) in [6, 6.07) is 7.97. The summed E-state index contributed by atoms with van der Waals surface area (Å²) >= 11 is 0. The summed E-state index contributed by atoms with van der Waals surface area (Å²) in [7, 11) is 0. The largest absolute Gasteiger partial charge is 0.461 e. The Bertz CT molecular complexity index is 774. The Morgan fingerprint density at radius 1 is 1.26 bits per heavy atom. The van der Waals surface area contributed by atoms with E-state index in [1.807, 2.05) is 13.0 Å². The van der Waals surface area contributed by atoms with Crippen LogP contribution in [0.5, 0.6) is 0 Å². The average Bonchev–Trinajstić information content (AvgIpc) is 2.76. The van der Waals surface area contributed by atoms with Gasteiger partial charge in [0.2, 0.25) is 0 Å². The van der Waals surface area contributed by atoms with Crippen molar-refractivity contribution in [2.24, 2.45) is 0 Å². The number of carbonyl (C=O) groups is 1. The number of fused-ring (bicyclic) bond motifs is 3. The van der Waals surface area contributed by atoms with Gasteiger partial charge in [-0.25, -0.2) is 9.78 Å². The molecule has 0 saturated heterocycles. The number of nitrogens with one attached hydrogen (secondary N) is 1. The Balaban J connectivity index is 2.23. The maximum absolute atomic E-state index is 11.7. The number of hydrogen-bond acceptors (Lipinski definition) is 3. The van der Waals surface area contributed by atoms with E-state index < -0.39 is 0 Å². The zero-order valence-electron chi connectivity index (χ0n) is 10.9. The van der Waals surface area contributed by atoms with Crippen LogP contribution >= 0.6 is 0 Å². The van der Waals surface area contributed by atoms with Crippen molar-refractivity contribution in [1.82, 2.24) is 9.97 Å². The molecule has 0 aliphatic rings. The molecule has 0 spiro atoms. The first-order valence-corrected chi connectivity index (χ1v) is 6.24. The fraction of sp³-hybridized carbons (Fsp3) is 0.200. The molecule has 3 aromatic rings. The summed E-state index contributed by atoms with van der Waals surface area (Å²) in [5, 5.41) is 2.10. The van der Waals surface area contributed by atoms with Crippen molar-refractivity contribution in [3.8, 4) is 0 Å². The Morgan fingerprint density at radius 3 is 2.84 bits per heavy atom. The quantitative estimate of drug-likeness (QED) is 0.714. The molecule has 0 unspecified atom stereocenters. The van der Waals surface area contributed by atoms with E-state index in [9.17, 15) is 4.79 Å². The van der Waals surface area contributed by atoms with E-state index in [4.69, 9.17) is 4.74 Å². The van der Waals surface area contributed by atoms with Crippen LogP contribution in [0.3, 0.4) is 0 Å². The van der Waals surface area contributed by atoms with Crippen LogP contribution in [0.25, 0.3) is 21.8 Å². The second kappa shape index (κ2) is 4.39. The maximum atomic E-state index is 11.7. The van der Waals surface area contributed by atoms with Crippen molar-refractivity contribution >= 4 is 27.8 Å². The Kier molecular flexibility index (Phi) is 2.71. The lowest BCUT2D eigenvalue weighted by Crippen LogP contribution is -2.06. The van der Waals surface area contributed by atoms with Crippen LogP contribution in [0.2, 0.25) is 0 Å². The molecule has 0 aliphatic carbocycles. The number of carbonyl (C=O) groups excluding carboxylic acids is 1. The summed E-state index contributed by atoms with van der Waals surface area (Å²) in [5.74, 6) is -0.383. The van der Waals surface area contributed by atoms with Crippen molar-refractivity contribution in [1.29, 1.82) is 0 Å². The predicted molar refractivity (Wildman–Crippen MR) is 74.3 cm³/mol. The van der Waals surface area contributed by atoms with Gasteiger partial charge in [0.25, 0.3) is 0 Å². The van der Waals surface area contributed by atoms with E-state index in [0.717, 1.165) is 21.8 Å². The molecule has 0 atom stereocenters. The van der Waals surface area contributed by atoms with Gasteiger partial charge in [0.15, 0.2) is 0 Å². The third-order valence-corrected chi connectivity index (χ3v) is 3.12. The second-order valence-corrected chi connectivity index (χ2v) is 4.51. The molecule has 1 N–H and O–H groups in total. The highest BCUT2D eigenvalue weighted by Crippen LogP contribution is 2.26. The SMILES string of the molecule is CCOC(=O)c1cc2c(cn1)[nH]c1ccc(C)cc12. The molecule has 0 aliphatic heterocycles. The van der Waals surface area contributed by atoms with Crippen LogP contribution in [0, 0.1) is 6.92 Å². The smallest absolute Gasteiger partial charge is 0.356 e. The summed E-state index contributed by atoms with van der Waals surface area (Å²) in [4.78, 5) is 19.1. The third kappa shape index (κ3) is 1.95. The van der Waals surface area contributed by atoms with Crippen molar-refractivity contribution in [3.05, 3.63) is 41.7 Å². The van der Waals surface area contributed by atoms with Gasteiger partial charge >= 0.3 is 5.97 Å². The van der Waals surface area contributed by atoms with Gasteiger partial charge in [0, 0.05) is 16.3 Å². The van der Waals surface area contributed by atoms with Crippen LogP contribution in [-0.2, 0) is 4.74 Å². The van der Waals surface area contributed by atoms with Crippen molar-refractivity contribution in [2.45, 2.75) is 13.8 Å². The second-order valence-electron chi connectivity index (χ2n) is 4.51. The van der Waals surface area contributed by atoms with E-state index in [1.165, 1.54) is 5.56 Å². The number of aromatic amines is 1. The van der Waals surface area contributed by atoms with Gasteiger partial charge in [-0.3, -0.25) is 0 Å². The van der Waals surface area contributed by atoms with Gasteiger partial charge in [-0.2, -0.15) is 0 Å². The van der Waals surface area contributed by atoms with Crippen molar-refractivity contribution < 1.29 is 9.53 Å². The molecule has 0 fully saturated rings. The first kappa shape index (κ1) is 11.7. The van der Waals surface area contributed by atoms with Crippen molar-refractivity contribution in [2.75, 3.05) is 6.61 Å². The van der Waals surface area contributed by atoms with Gasteiger partial charge in [-0.1, -0.05) is 11.6 Å². The Morgan fingerprint density at radius 2 is 2.05 bits per heavy atom. The van der Waals surface area contributed by atoms with E-state index in [2.05, 4.69) is 22.1 Å². The molecule has 0 radical (unpaired) electrons. The summed E-state index contributed by atoms with van der Waals surface area (Å²) in [6.07, 6.45) is 1.68. The highest BCUT2D eigenvalue weighted by molar-refractivity contribution is 6.08. The lowest BCUT2D eigenvalue weighted by atomic mass is 10.1. The topological polar surface area (TPSA) is 55.0 Å². The van der Waals surface area contributed by atoms with Crippen LogP contribution in [0.4, 0.5) is 0 Å². The number of aryl methyl sites for hydroxylation is 1. The molecule has 1 aromatic carbocycles. The lowest BCUT2D eigenvalue weighted by molar-refractivity contribution is 0.0520. The summed E-state index contributed by atoms with van der Waals surface area (Å²) in [5.41, 5.74) is 3.50. The van der Waals surface area contributed by atoms with E-state index in [1.54, 1.807) is 19.2 Å². The molecule has 96 valence electrons. The molecular formula is C15H14N2O2. The monoisotopic (exact) mass is 254 g/mol. The lowest BCUT2D eigenvalue weighted by Gasteiger charge is -2.00. The molecule has 3 rings (SSSR count). The maximum Gasteiger partial charge on any atom is 0.356 e. The zero-order chi connectivity index (χ0) is 13.4. The number of ether oxygens (including phenoxy) is 1. The average molecular weight is 254 g/mol. The van der Waals surface area contributed by atoms with E-state index in [0.29, 0.717) is 12.3 Å². The van der Waals surface area contributed by atoms with E-state index in [-0.39, 0.29) is 5.97 Å². The number of esters is 1. The van der Waals surface area contributed by atoms with Crippen LogP contribution in [0.15, 0.2) is 30.5 Å².